The molecular formula is C20H21ClSiZr. The van der Waals surface area contributed by atoms with Crippen LogP contribution in [0.3, 0.4) is 0 Å². The summed E-state index contributed by atoms with van der Waals surface area (Å²) < 4.78 is 1.57. The van der Waals surface area contributed by atoms with Crippen LogP contribution in [0.1, 0.15) is 29.5 Å². The minimum atomic E-state index is -1.62. The second kappa shape index (κ2) is 7.05. The average Bonchev–Trinajstić information content (AvgIpc) is 3.13. The molecule has 0 bridgehead atoms. The molecule has 2 unspecified atom stereocenters. The smallest absolute Gasteiger partial charge is 1.00 e. The second-order valence-electron chi connectivity index (χ2n) is 6.59. The van der Waals surface area contributed by atoms with Gasteiger partial charge >= 0.3 is 142 Å². The number of allylic oxidation sites excluding steroid dienone is 2. The van der Waals surface area contributed by atoms with E-state index in [-0.39, 0.29) is 12.4 Å². The first-order chi connectivity index (χ1) is 10.8. The Morgan fingerprint density at radius 3 is 1.61 bits per heavy atom. The van der Waals surface area contributed by atoms with Crippen LogP contribution in [0.15, 0.2) is 60.7 Å². The van der Waals surface area contributed by atoms with Crippen molar-refractivity contribution in [2.45, 2.75) is 20.3 Å². The molecule has 116 valence electrons. The number of benzene rings is 2. The van der Waals surface area contributed by atoms with Gasteiger partial charge in [0, 0.05) is 0 Å². The maximum atomic E-state index is 2.60. The third-order valence-electron chi connectivity index (χ3n) is 4.98. The van der Waals surface area contributed by atoms with Crippen molar-refractivity contribution < 1.29 is 33.3 Å². The molecule has 0 heterocycles. The standard InChI is InChI=1S/2C9H7.C2H7Si.ClH.Zr/c2*1-2-5-9-7-3-6-8(9)4-1;1-3-2;;/h2*1-7H;3H,1-2H3;1H;/q;;;;+1/p-1. The summed E-state index contributed by atoms with van der Waals surface area (Å²) in [7, 11) is 0. The first-order valence-corrected chi connectivity index (χ1v) is 18.1. The van der Waals surface area contributed by atoms with Gasteiger partial charge in [0.15, 0.2) is 0 Å². The Morgan fingerprint density at radius 2 is 1.17 bits per heavy atom. The quantitative estimate of drug-likeness (QED) is 0.673. The predicted octanol–water partition coefficient (Wildman–Crippen LogP) is 2.13. The van der Waals surface area contributed by atoms with Crippen LogP contribution in [-0.4, -0.2) is 5.92 Å². The molecule has 0 radical (unpaired) electrons. The van der Waals surface area contributed by atoms with Gasteiger partial charge in [-0.05, 0) is 0 Å². The molecule has 2 atom stereocenters. The molecule has 2 aliphatic rings. The van der Waals surface area contributed by atoms with Crippen LogP contribution in [-0.2, 0) is 20.9 Å². The summed E-state index contributed by atoms with van der Waals surface area (Å²) in [5.74, 6) is -0.615. The molecular weight excluding hydrogens is 395 g/mol. The summed E-state index contributed by atoms with van der Waals surface area (Å²) in [6.07, 6.45) is 9.84. The molecule has 2 aliphatic carbocycles. The fourth-order valence-electron chi connectivity index (χ4n) is 3.99. The van der Waals surface area contributed by atoms with Crippen LogP contribution in [0.4, 0.5) is 0 Å². The number of hydrogen-bond acceptors (Lipinski definition) is 0. The molecule has 4 rings (SSSR count). The Labute approximate surface area is 154 Å². The zero-order valence-electron chi connectivity index (χ0n) is 13.5. The first-order valence-electron chi connectivity index (χ1n) is 8.16. The van der Waals surface area contributed by atoms with Crippen molar-refractivity contribution in [3.05, 3.63) is 82.9 Å². The van der Waals surface area contributed by atoms with Gasteiger partial charge in [0.25, 0.3) is 0 Å². The fraction of sp³-hybridized carbons (Fsp3) is 0.200. The predicted molar refractivity (Wildman–Crippen MR) is 95.3 cm³/mol. The van der Waals surface area contributed by atoms with Crippen molar-refractivity contribution in [1.29, 1.82) is 0 Å². The van der Waals surface area contributed by atoms with Gasteiger partial charge in [-0.15, -0.1) is 0 Å². The van der Waals surface area contributed by atoms with E-state index in [0.29, 0.717) is 0 Å². The molecule has 0 saturated heterocycles. The molecule has 2 aromatic rings. The molecule has 2 aromatic carbocycles. The van der Waals surface area contributed by atoms with Gasteiger partial charge in [-0.25, -0.2) is 0 Å². The number of fused-ring (bicyclic) bond motifs is 2. The van der Waals surface area contributed by atoms with Gasteiger partial charge in [0.1, 0.15) is 0 Å². The van der Waals surface area contributed by atoms with E-state index in [1.165, 1.54) is 11.1 Å². The molecule has 0 aromatic heterocycles. The topological polar surface area (TPSA) is 0 Å². The second-order valence-corrected chi connectivity index (χ2v) is 26.9. The number of rotatable bonds is 3. The minimum Gasteiger partial charge on any atom is -1.00 e. The molecule has 0 aliphatic heterocycles. The Kier molecular flexibility index (Phi) is 5.26. The van der Waals surface area contributed by atoms with Crippen LogP contribution < -0.4 is 12.4 Å². The summed E-state index contributed by atoms with van der Waals surface area (Å²) in [6, 6.07) is 18.1. The van der Waals surface area contributed by atoms with Crippen LogP contribution in [0.5, 0.6) is 0 Å². The normalized spacial score (nSPS) is 20.3. The van der Waals surface area contributed by atoms with E-state index in [4.69, 9.17) is 0 Å². The monoisotopic (exact) mass is 414 g/mol. The van der Waals surface area contributed by atoms with Crippen molar-refractivity contribution in [1.82, 2.24) is 0 Å². The van der Waals surface area contributed by atoms with E-state index in [0.717, 1.165) is 7.25 Å². The van der Waals surface area contributed by atoms with Gasteiger partial charge in [-0.2, -0.15) is 0 Å². The van der Waals surface area contributed by atoms with Crippen molar-refractivity contribution >= 4 is 18.1 Å². The minimum absolute atomic E-state index is 0. The van der Waals surface area contributed by atoms with Crippen molar-refractivity contribution in [3.8, 4) is 0 Å². The zero-order chi connectivity index (χ0) is 15.1. The maximum absolute atomic E-state index is 2.60. The van der Waals surface area contributed by atoms with Gasteiger partial charge < -0.3 is 12.4 Å². The molecule has 0 spiro atoms. The molecule has 23 heavy (non-hydrogen) atoms. The van der Waals surface area contributed by atoms with Crippen LogP contribution in [0, 0.1) is 0 Å². The van der Waals surface area contributed by atoms with Gasteiger partial charge in [0.05, 0.1) is 0 Å². The summed E-state index contributed by atoms with van der Waals surface area (Å²) in [5, 5.41) is 0. The third-order valence-corrected chi connectivity index (χ3v) is 26.4. The van der Waals surface area contributed by atoms with Crippen LogP contribution in [0.2, 0.25) is 13.1 Å². The maximum Gasteiger partial charge on any atom is -1.00 e. The first kappa shape index (κ1) is 17.1. The van der Waals surface area contributed by atoms with E-state index in [9.17, 15) is 0 Å². The fourth-order valence-corrected chi connectivity index (χ4v) is 25.0. The van der Waals surface area contributed by atoms with E-state index >= 15 is 0 Å². The summed E-state index contributed by atoms with van der Waals surface area (Å²) in [4.78, 5) is 0. The molecule has 0 N–H and O–H groups in total. The van der Waals surface area contributed by atoms with E-state index in [1.54, 1.807) is 11.1 Å². The Hall–Kier alpha value is -0.690. The summed E-state index contributed by atoms with van der Waals surface area (Å²) in [6.45, 7) is 5.19. The molecule has 0 amide bonds. The number of halogens is 1. The Bertz CT molecular complexity index is 704. The SMILES string of the molecule is C[SiH](C)[Zr+]([CH]1C=Cc2ccccc21)[CH]1C=Cc2ccccc21.[Cl-]. The Morgan fingerprint density at radius 1 is 0.739 bits per heavy atom. The van der Waals surface area contributed by atoms with Crippen molar-refractivity contribution in [2.24, 2.45) is 0 Å². The molecule has 0 saturated carbocycles. The number of hydrogen-bond donors (Lipinski definition) is 0. The third kappa shape index (κ3) is 3.02. The van der Waals surface area contributed by atoms with Crippen molar-refractivity contribution in [2.75, 3.05) is 0 Å². The molecule has 0 nitrogen and oxygen atoms in total. The largest absolute Gasteiger partial charge is 1.00 e. The van der Waals surface area contributed by atoms with E-state index in [2.05, 4.69) is 85.9 Å². The van der Waals surface area contributed by atoms with Crippen LogP contribution in [0.25, 0.3) is 12.2 Å². The van der Waals surface area contributed by atoms with E-state index in [1.807, 2.05) is 0 Å². The van der Waals surface area contributed by atoms with E-state index < -0.39 is 26.8 Å². The summed E-state index contributed by atoms with van der Waals surface area (Å²) >= 11 is -1.62. The Balaban J connectivity index is 0.00000156. The van der Waals surface area contributed by atoms with Crippen molar-refractivity contribution in [3.63, 3.8) is 0 Å². The molecule has 0 fully saturated rings. The van der Waals surface area contributed by atoms with Gasteiger partial charge in [-0.3, -0.25) is 0 Å². The average molecular weight is 416 g/mol. The van der Waals surface area contributed by atoms with Gasteiger partial charge in [-0.1, -0.05) is 0 Å². The molecule has 3 heteroatoms. The van der Waals surface area contributed by atoms with Gasteiger partial charge in [0.2, 0.25) is 0 Å². The zero-order valence-corrected chi connectivity index (χ0v) is 17.9. The summed E-state index contributed by atoms with van der Waals surface area (Å²) in [5.41, 5.74) is 6.18. The van der Waals surface area contributed by atoms with Crippen LogP contribution >= 0.6 is 0 Å².